The Morgan fingerprint density at radius 2 is 1.86 bits per heavy atom. The summed E-state index contributed by atoms with van der Waals surface area (Å²) in [6.45, 7) is -0.00931. The number of Topliss-reactive ketones (excluding diaryl/α,β-unsaturated/α-hetero) is 1. The minimum atomic E-state index is -0.640. The second-order valence-corrected chi connectivity index (χ2v) is 4.67. The van der Waals surface area contributed by atoms with Gasteiger partial charge in [-0.1, -0.05) is 24.3 Å². The van der Waals surface area contributed by atoms with E-state index in [2.05, 4.69) is 0 Å². The maximum Gasteiger partial charge on any atom is 0.299 e. The Hall–Kier alpha value is -2.69. The molecular weight excluding hydrogens is 273 g/mol. The van der Waals surface area contributed by atoms with Crippen molar-refractivity contribution in [1.82, 2.24) is 0 Å². The first kappa shape index (κ1) is 13.3. The van der Waals surface area contributed by atoms with Crippen molar-refractivity contribution in [3.63, 3.8) is 0 Å². The fourth-order valence-corrected chi connectivity index (χ4v) is 2.41. The van der Waals surface area contributed by atoms with E-state index in [1.165, 1.54) is 18.1 Å². The van der Waals surface area contributed by atoms with E-state index < -0.39 is 17.5 Å². The molecular formula is C16H12FNO3. The van der Waals surface area contributed by atoms with Crippen LogP contribution in [0.1, 0.15) is 15.9 Å². The SMILES string of the molecule is COc1cccc(CN2C(=O)C(=O)c3ccccc32)c1F. The van der Waals surface area contributed by atoms with Gasteiger partial charge in [0.1, 0.15) is 0 Å². The highest BCUT2D eigenvalue weighted by atomic mass is 19.1. The Kier molecular flexibility index (Phi) is 3.17. The monoisotopic (exact) mass is 285 g/mol. The van der Waals surface area contributed by atoms with Gasteiger partial charge in [-0.15, -0.1) is 0 Å². The summed E-state index contributed by atoms with van der Waals surface area (Å²) < 4.78 is 19.1. The zero-order valence-corrected chi connectivity index (χ0v) is 11.3. The Labute approximate surface area is 120 Å². The van der Waals surface area contributed by atoms with Crippen LogP contribution in [0.15, 0.2) is 42.5 Å². The summed E-state index contributed by atoms with van der Waals surface area (Å²) in [6.07, 6.45) is 0. The molecule has 2 aromatic rings. The first-order valence-electron chi connectivity index (χ1n) is 6.40. The third-order valence-corrected chi connectivity index (χ3v) is 3.47. The summed E-state index contributed by atoms with van der Waals surface area (Å²) in [7, 11) is 1.38. The lowest BCUT2D eigenvalue weighted by Gasteiger charge is -2.17. The normalized spacial score (nSPS) is 13.5. The number of anilines is 1. The Morgan fingerprint density at radius 3 is 2.62 bits per heavy atom. The standard InChI is InChI=1S/C16H12FNO3/c1-21-13-8-4-5-10(14(13)17)9-18-12-7-3-2-6-11(12)15(19)16(18)20/h2-8H,9H2,1H3. The van der Waals surface area contributed by atoms with Crippen LogP contribution in [-0.2, 0) is 11.3 Å². The number of fused-ring (bicyclic) bond motifs is 1. The lowest BCUT2D eigenvalue weighted by Crippen LogP contribution is -2.29. The van der Waals surface area contributed by atoms with Gasteiger partial charge in [-0.3, -0.25) is 9.59 Å². The minimum absolute atomic E-state index is 0.00931. The number of benzene rings is 2. The first-order valence-corrected chi connectivity index (χ1v) is 6.40. The number of hydrogen-bond acceptors (Lipinski definition) is 3. The predicted molar refractivity (Wildman–Crippen MR) is 74.9 cm³/mol. The zero-order valence-electron chi connectivity index (χ0n) is 11.3. The molecule has 0 saturated carbocycles. The molecule has 106 valence electrons. The predicted octanol–water partition coefficient (Wildman–Crippen LogP) is 2.56. The Morgan fingerprint density at radius 1 is 1.10 bits per heavy atom. The first-order chi connectivity index (χ1) is 10.1. The van der Waals surface area contributed by atoms with Gasteiger partial charge in [-0.25, -0.2) is 4.39 Å². The van der Waals surface area contributed by atoms with E-state index in [0.717, 1.165) is 0 Å². The zero-order chi connectivity index (χ0) is 15.0. The third-order valence-electron chi connectivity index (χ3n) is 3.47. The number of amides is 1. The Bertz CT molecular complexity index is 742. The summed E-state index contributed by atoms with van der Waals surface area (Å²) in [5.74, 6) is -1.62. The third kappa shape index (κ3) is 2.07. The number of methoxy groups -OCH3 is 1. The van der Waals surface area contributed by atoms with Crippen LogP contribution >= 0.6 is 0 Å². The van der Waals surface area contributed by atoms with Crippen molar-refractivity contribution in [2.45, 2.75) is 6.54 Å². The molecule has 0 aliphatic carbocycles. The summed E-state index contributed by atoms with van der Waals surface area (Å²) in [6, 6.07) is 11.4. The van der Waals surface area contributed by atoms with Gasteiger partial charge in [0.15, 0.2) is 11.6 Å². The highest BCUT2D eigenvalue weighted by Crippen LogP contribution is 2.31. The van der Waals surface area contributed by atoms with Crippen molar-refractivity contribution in [3.05, 3.63) is 59.4 Å². The van der Waals surface area contributed by atoms with Crippen LogP contribution < -0.4 is 9.64 Å². The number of rotatable bonds is 3. The number of nitrogens with zero attached hydrogens (tertiary/aromatic N) is 1. The molecule has 1 heterocycles. The fourth-order valence-electron chi connectivity index (χ4n) is 2.41. The molecule has 0 unspecified atom stereocenters. The number of ether oxygens (including phenoxy) is 1. The molecule has 0 spiro atoms. The van der Waals surface area contributed by atoms with Crippen LogP contribution in [0.4, 0.5) is 10.1 Å². The molecule has 0 bridgehead atoms. The van der Waals surface area contributed by atoms with Crippen molar-refractivity contribution < 1.29 is 18.7 Å². The van der Waals surface area contributed by atoms with Gasteiger partial charge in [0.2, 0.25) is 0 Å². The summed E-state index contributed by atoms with van der Waals surface area (Å²) >= 11 is 0. The maximum absolute atomic E-state index is 14.2. The number of hydrogen-bond donors (Lipinski definition) is 0. The molecule has 0 saturated heterocycles. The fraction of sp³-hybridized carbons (Fsp3) is 0.125. The molecule has 0 fully saturated rings. The van der Waals surface area contributed by atoms with Crippen molar-refractivity contribution in [1.29, 1.82) is 0 Å². The van der Waals surface area contributed by atoms with Crippen LogP contribution in [0, 0.1) is 5.82 Å². The number of halogens is 1. The van der Waals surface area contributed by atoms with Gasteiger partial charge in [-0.05, 0) is 18.2 Å². The second kappa shape index (κ2) is 5.01. The molecule has 3 rings (SSSR count). The highest BCUT2D eigenvalue weighted by Gasteiger charge is 2.35. The summed E-state index contributed by atoms with van der Waals surface area (Å²) in [5.41, 5.74) is 1.16. The van der Waals surface area contributed by atoms with E-state index in [4.69, 9.17) is 4.74 Å². The number of ketones is 1. The second-order valence-electron chi connectivity index (χ2n) is 4.67. The molecule has 21 heavy (non-hydrogen) atoms. The summed E-state index contributed by atoms with van der Waals surface area (Å²) in [4.78, 5) is 25.2. The van der Waals surface area contributed by atoms with E-state index in [9.17, 15) is 14.0 Å². The molecule has 0 atom stereocenters. The summed E-state index contributed by atoms with van der Waals surface area (Å²) in [5, 5.41) is 0. The average molecular weight is 285 g/mol. The molecule has 0 N–H and O–H groups in total. The largest absolute Gasteiger partial charge is 0.494 e. The van der Waals surface area contributed by atoms with Gasteiger partial charge in [0.05, 0.1) is 24.9 Å². The van der Waals surface area contributed by atoms with E-state index in [1.807, 2.05) is 0 Å². The number of carbonyl (C=O) groups is 2. The van der Waals surface area contributed by atoms with Gasteiger partial charge in [0.25, 0.3) is 11.7 Å². The molecule has 0 radical (unpaired) electrons. The Balaban J connectivity index is 2.00. The van der Waals surface area contributed by atoms with Crippen LogP contribution in [0.5, 0.6) is 5.75 Å². The minimum Gasteiger partial charge on any atom is -0.494 e. The van der Waals surface area contributed by atoms with E-state index >= 15 is 0 Å². The van der Waals surface area contributed by atoms with Crippen molar-refractivity contribution in [2.24, 2.45) is 0 Å². The number of para-hydroxylation sites is 1. The number of carbonyl (C=O) groups excluding carboxylic acids is 2. The molecule has 1 amide bonds. The molecule has 4 nitrogen and oxygen atoms in total. The molecule has 0 aromatic heterocycles. The van der Waals surface area contributed by atoms with E-state index in [-0.39, 0.29) is 12.3 Å². The molecule has 5 heteroatoms. The van der Waals surface area contributed by atoms with Gasteiger partial charge in [0, 0.05) is 5.56 Å². The van der Waals surface area contributed by atoms with Gasteiger partial charge in [-0.2, -0.15) is 0 Å². The maximum atomic E-state index is 14.2. The topological polar surface area (TPSA) is 46.6 Å². The van der Waals surface area contributed by atoms with Crippen molar-refractivity contribution >= 4 is 17.4 Å². The van der Waals surface area contributed by atoms with Crippen LogP contribution in [0.25, 0.3) is 0 Å². The molecule has 1 aliphatic rings. The average Bonchev–Trinajstić information content (AvgIpc) is 2.75. The molecule has 1 aliphatic heterocycles. The smallest absolute Gasteiger partial charge is 0.299 e. The van der Waals surface area contributed by atoms with Crippen LogP contribution in [0.3, 0.4) is 0 Å². The van der Waals surface area contributed by atoms with Crippen molar-refractivity contribution in [3.8, 4) is 5.75 Å². The van der Waals surface area contributed by atoms with Gasteiger partial charge >= 0.3 is 0 Å². The van der Waals surface area contributed by atoms with Crippen LogP contribution in [0.2, 0.25) is 0 Å². The lowest BCUT2D eigenvalue weighted by atomic mass is 10.1. The van der Waals surface area contributed by atoms with Crippen LogP contribution in [-0.4, -0.2) is 18.8 Å². The van der Waals surface area contributed by atoms with E-state index in [0.29, 0.717) is 16.8 Å². The lowest BCUT2D eigenvalue weighted by molar-refractivity contribution is -0.114. The van der Waals surface area contributed by atoms with Gasteiger partial charge < -0.3 is 9.64 Å². The quantitative estimate of drug-likeness (QED) is 0.814. The van der Waals surface area contributed by atoms with Crippen molar-refractivity contribution in [2.75, 3.05) is 12.0 Å². The highest BCUT2D eigenvalue weighted by molar-refractivity contribution is 6.52. The van der Waals surface area contributed by atoms with E-state index in [1.54, 1.807) is 36.4 Å². The molecule has 2 aromatic carbocycles.